The van der Waals surface area contributed by atoms with E-state index in [1.165, 1.54) is 0 Å². The molecule has 0 bridgehead atoms. The van der Waals surface area contributed by atoms with Crippen LogP contribution in [0.25, 0.3) is 11.0 Å². The first-order valence-electron chi connectivity index (χ1n) is 6.57. The highest BCUT2D eigenvalue weighted by Gasteiger charge is 2.16. The molecule has 0 spiro atoms. The monoisotopic (exact) mass is 277 g/mol. The quantitative estimate of drug-likeness (QED) is 0.722. The number of benzene rings is 2. The third-order valence-corrected chi connectivity index (χ3v) is 3.59. The SMILES string of the molecule is N#Cc1ccccc1Cn1cnc2cc3c(cc21)OCO3. The summed E-state index contributed by atoms with van der Waals surface area (Å²) in [6.07, 6.45) is 1.77. The van der Waals surface area contributed by atoms with Crippen LogP contribution in [0.1, 0.15) is 11.1 Å². The summed E-state index contributed by atoms with van der Waals surface area (Å²) in [6, 6.07) is 13.6. The van der Waals surface area contributed by atoms with Crippen LogP contribution in [0, 0.1) is 11.3 Å². The zero-order chi connectivity index (χ0) is 14.2. The fraction of sp³-hybridized carbons (Fsp3) is 0.125. The Morgan fingerprint density at radius 2 is 2.00 bits per heavy atom. The first kappa shape index (κ1) is 11.8. The molecule has 0 radical (unpaired) electrons. The molecule has 0 fully saturated rings. The van der Waals surface area contributed by atoms with Crippen LogP contribution in [0.15, 0.2) is 42.7 Å². The second kappa shape index (κ2) is 4.53. The molecule has 1 aromatic heterocycles. The lowest BCUT2D eigenvalue weighted by Crippen LogP contribution is -2.00. The van der Waals surface area contributed by atoms with Crippen LogP contribution in [-0.4, -0.2) is 16.3 Å². The number of imidazole rings is 1. The Labute approximate surface area is 121 Å². The van der Waals surface area contributed by atoms with Gasteiger partial charge < -0.3 is 14.0 Å². The topological polar surface area (TPSA) is 60.1 Å². The zero-order valence-corrected chi connectivity index (χ0v) is 11.1. The number of hydrogen-bond acceptors (Lipinski definition) is 4. The summed E-state index contributed by atoms with van der Waals surface area (Å²) < 4.78 is 12.8. The molecule has 0 saturated heterocycles. The Morgan fingerprint density at radius 1 is 1.19 bits per heavy atom. The molecule has 102 valence electrons. The number of nitriles is 1. The average Bonchev–Trinajstić information content (AvgIpc) is 3.12. The van der Waals surface area contributed by atoms with Gasteiger partial charge in [-0.2, -0.15) is 5.26 Å². The molecule has 1 aliphatic heterocycles. The summed E-state index contributed by atoms with van der Waals surface area (Å²) in [7, 11) is 0. The van der Waals surface area contributed by atoms with Gasteiger partial charge in [-0.25, -0.2) is 4.98 Å². The van der Waals surface area contributed by atoms with E-state index in [2.05, 4.69) is 11.1 Å². The fourth-order valence-corrected chi connectivity index (χ4v) is 2.52. The number of ether oxygens (including phenoxy) is 2. The third kappa shape index (κ3) is 1.89. The molecule has 0 atom stereocenters. The average molecular weight is 277 g/mol. The van der Waals surface area contributed by atoms with E-state index in [4.69, 9.17) is 9.47 Å². The predicted molar refractivity (Wildman–Crippen MR) is 76.1 cm³/mol. The van der Waals surface area contributed by atoms with Crippen molar-refractivity contribution in [3.8, 4) is 17.6 Å². The van der Waals surface area contributed by atoms with E-state index in [1.807, 2.05) is 41.0 Å². The van der Waals surface area contributed by atoms with Crippen LogP contribution in [0.3, 0.4) is 0 Å². The molecule has 2 aromatic carbocycles. The van der Waals surface area contributed by atoms with Gasteiger partial charge in [0, 0.05) is 12.1 Å². The maximum atomic E-state index is 9.18. The van der Waals surface area contributed by atoms with Crippen LogP contribution in [0.4, 0.5) is 0 Å². The van der Waals surface area contributed by atoms with Gasteiger partial charge >= 0.3 is 0 Å². The number of nitrogens with zero attached hydrogens (tertiary/aromatic N) is 3. The van der Waals surface area contributed by atoms with Gasteiger partial charge in [0.05, 0.1) is 35.5 Å². The number of rotatable bonds is 2. The summed E-state index contributed by atoms with van der Waals surface area (Å²) in [4.78, 5) is 4.39. The number of aromatic nitrogens is 2. The van der Waals surface area contributed by atoms with Gasteiger partial charge in [0.2, 0.25) is 6.79 Å². The van der Waals surface area contributed by atoms with E-state index >= 15 is 0 Å². The summed E-state index contributed by atoms with van der Waals surface area (Å²) in [5.41, 5.74) is 3.47. The van der Waals surface area contributed by atoms with Crippen molar-refractivity contribution < 1.29 is 9.47 Å². The van der Waals surface area contributed by atoms with Gasteiger partial charge in [0.1, 0.15) is 0 Å². The molecule has 0 amide bonds. The van der Waals surface area contributed by atoms with E-state index in [1.54, 1.807) is 6.33 Å². The molecule has 0 N–H and O–H groups in total. The Hall–Kier alpha value is -3.00. The van der Waals surface area contributed by atoms with Crippen molar-refractivity contribution in [3.63, 3.8) is 0 Å². The molecule has 2 heterocycles. The Morgan fingerprint density at radius 3 is 2.86 bits per heavy atom. The van der Waals surface area contributed by atoms with E-state index < -0.39 is 0 Å². The van der Waals surface area contributed by atoms with Crippen LogP contribution in [0.2, 0.25) is 0 Å². The second-order valence-electron chi connectivity index (χ2n) is 4.84. The molecule has 0 saturated carbocycles. The van der Waals surface area contributed by atoms with Crippen molar-refractivity contribution in [2.24, 2.45) is 0 Å². The molecule has 0 unspecified atom stereocenters. The Balaban J connectivity index is 1.79. The fourth-order valence-electron chi connectivity index (χ4n) is 2.52. The second-order valence-corrected chi connectivity index (χ2v) is 4.84. The van der Waals surface area contributed by atoms with Gasteiger partial charge in [0.25, 0.3) is 0 Å². The standard InChI is InChI=1S/C16H11N3O2/c17-7-11-3-1-2-4-12(11)8-19-9-18-13-5-15-16(6-14(13)19)21-10-20-15/h1-6,9H,8,10H2. The lowest BCUT2D eigenvalue weighted by molar-refractivity contribution is 0.174. The van der Waals surface area contributed by atoms with Crippen molar-refractivity contribution in [3.05, 3.63) is 53.9 Å². The van der Waals surface area contributed by atoms with Gasteiger partial charge in [-0.3, -0.25) is 0 Å². The largest absolute Gasteiger partial charge is 0.454 e. The smallest absolute Gasteiger partial charge is 0.231 e. The molecular formula is C16H11N3O2. The molecule has 1 aliphatic rings. The summed E-state index contributed by atoms with van der Waals surface area (Å²) in [5, 5.41) is 9.18. The minimum absolute atomic E-state index is 0.249. The van der Waals surface area contributed by atoms with Crippen LogP contribution in [0.5, 0.6) is 11.5 Å². The van der Waals surface area contributed by atoms with Gasteiger partial charge in [-0.05, 0) is 11.6 Å². The highest BCUT2D eigenvalue weighted by atomic mass is 16.7. The van der Waals surface area contributed by atoms with E-state index in [-0.39, 0.29) is 6.79 Å². The van der Waals surface area contributed by atoms with E-state index in [0.717, 1.165) is 28.1 Å². The number of hydrogen-bond donors (Lipinski definition) is 0. The van der Waals surface area contributed by atoms with Crippen molar-refractivity contribution in [1.82, 2.24) is 9.55 Å². The van der Waals surface area contributed by atoms with Gasteiger partial charge in [-0.1, -0.05) is 18.2 Å². The highest BCUT2D eigenvalue weighted by Crippen LogP contribution is 2.35. The summed E-state index contributed by atoms with van der Waals surface area (Å²) in [6.45, 7) is 0.846. The van der Waals surface area contributed by atoms with Crippen LogP contribution < -0.4 is 9.47 Å². The highest BCUT2D eigenvalue weighted by molar-refractivity contribution is 5.80. The lowest BCUT2D eigenvalue weighted by atomic mass is 10.1. The van der Waals surface area contributed by atoms with E-state index in [0.29, 0.717) is 12.1 Å². The normalized spacial score (nSPS) is 12.5. The van der Waals surface area contributed by atoms with Crippen molar-refractivity contribution in [2.45, 2.75) is 6.54 Å². The number of fused-ring (bicyclic) bond motifs is 2. The summed E-state index contributed by atoms with van der Waals surface area (Å²) in [5.74, 6) is 1.46. The zero-order valence-electron chi connectivity index (χ0n) is 11.1. The minimum atomic E-state index is 0.249. The van der Waals surface area contributed by atoms with Crippen LogP contribution >= 0.6 is 0 Å². The lowest BCUT2D eigenvalue weighted by Gasteiger charge is -2.06. The minimum Gasteiger partial charge on any atom is -0.454 e. The molecule has 21 heavy (non-hydrogen) atoms. The molecular weight excluding hydrogens is 266 g/mol. The third-order valence-electron chi connectivity index (χ3n) is 3.59. The maximum absolute atomic E-state index is 9.18. The van der Waals surface area contributed by atoms with E-state index in [9.17, 15) is 5.26 Å². The van der Waals surface area contributed by atoms with Crippen molar-refractivity contribution in [2.75, 3.05) is 6.79 Å². The predicted octanol–water partition coefficient (Wildman–Crippen LogP) is 2.68. The summed E-state index contributed by atoms with van der Waals surface area (Å²) >= 11 is 0. The molecule has 5 nitrogen and oxygen atoms in total. The molecule has 4 rings (SSSR count). The molecule has 0 aliphatic carbocycles. The Bertz CT molecular complexity index is 877. The van der Waals surface area contributed by atoms with Gasteiger partial charge in [-0.15, -0.1) is 0 Å². The Kier molecular flexibility index (Phi) is 2.54. The van der Waals surface area contributed by atoms with Crippen molar-refractivity contribution in [1.29, 1.82) is 5.26 Å². The first-order chi connectivity index (χ1) is 10.3. The molecule has 3 aromatic rings. The maximum Gasteiger partial charge on any atom is 0.231 e. The molecule has 5 heteroatoms. The van der Waals surface area contributed by atoms with Crippen molar-refractivity contribution >= 4 is 11.0 Å². The first-order valence-corrected chi connectivity index (χ1v) is 6.57. The van der Waals surface area contributed by atoms with Gasteiger partial charge in [0.15, 0.2) is 11.5 Å². The van der Waals surface area contributed by atoms with Crippen LogP contribution in [-0.2, 0) is 6.54 Å².